The van der Waals surface area contributed by atoms with Crippen molar-refractivity contribution in [2.45, 2.75) is 24.7 Å². The standard InChI is InChI=1S/C21H23ClN2O5S/c1-14-3-6-17(7-4-14)30(27,28)23-16-5-8-18(19(22)13-16)20(25)24-11-9-15(10-12-24)21(26)29-2/h3-8,13,15,23H,9-12H2,1-2H3. The second kappa shape index (κ2) is 9.06. The number of carbonyl (C=O) groups is 2. The molecule has 1 amide bonds. The third-order valence-corrected chi connectivity index (χ3v) is 6.81. The molecule has 0 radical (unpaired) electrons. The van der Waals surface area contributed by atoms with Gasteiger partial charge in [0.05, 0.1) is 34.2 Å². The SMILES string of the molecule is COC(=O)C1CCN(C(=O)c2ccc(NS(=O)(=O)c3ccc(C)cc3)cc2Cl)CC1. The van der Waals surface area contributed by atoms with Gasteiger partial charge >= 0.3 is 5.97 Å². The Labute approximate surface area is 181 Å². The fourth-order valence-corrected chi connectivity index (χ4v) is 4.65. The van der Waals surface area contributed by atoms with Crippen LogP contribution in [0.2, 0.25) is 5.02 Å². The number of ether oxygens (including phenoxy) is 1. The number of sulfonamides is 1. The second-order valence-electron chi connectivity index (χ2n) is 7.20. The summed E-state index contributed by atoms with van der Waals surface area (Å²) in [5, 5.41) is 0.152. The zero-order valence-corrected chi connectivity index (χ0v) is 18.3. The normalized spacial score (nSPS) is 15.0. The molecule has 1 N–H and O–H groups in total. The van der Waals surface area contributed by atoms with Crippen LogP contribution in [0.1, 0.15) is 28.8 Å². The van der Waals surface area contributed by atoms with Crippen molar-refractivity contribution in [1.29, 1.82) is 0 Å². The molecule has 2 aromatic carbocycles. The van der Waals surface area contributed by atoms with E-state index in [1.807, 2.05) is 6.92 Å². The number of anilines is 1. The van der Waals surface area contributed by atoms with Crippen LogP contribution in [0.3, 0.4) is 0 Å². The molecular formula is C21H23ClN2O5S. The van der Waals surface area contributed by atoms with Crippen LogP contribution in [-0.4, -0.2) is 45.4 Å². The van der Waals surface area contributed by atoms with Gasteiger partial charge in [-0.3, -0.25) is 14.3 Å². The van der Waals surface area contributed by atoms with E-state index >= 15 is 0 Å². The predicted molar refractivity (Wildman–Crippen MR) is 114 cm³/mol. The summed E-state index contributed by atoms with van der Waals surface area (Å²) in [7, 11) is -2.41. The van der Waals surface area contributed by atoms with Gasteiger partial charge in [-0.25, -0.2) is 8.42 Å². The molecule has 2 aromatic rings. The van der Waals surface area contributed by atoms with Crippen LogP contribution in [-0.2, 0) is 19.6 Å². The number of halogens is 1. The molecule has 160 valence electrons. The van der Waals surface area contributed by atoms with E-state index in [4.69, 9.17) is 16.3 Å². The van der Waals surface area contributed by atoms with E-state index in [9.17, 15) is 18.0 Å². The number of hydrogen-bond donors (Lipinski definition) is 1. The average molecular weight is 451 g/mol. The van der Waals surface area contributed by atoms with Gasteiger partial charge in [0.1, 0.15) is 0 Å². The summed E-state index contributed by atoms with van der Waals surface area (Å²) in [6.07, 6.45) is 1.06. The van der Waals surface area contributed by atoms with Gasteiger partial charge in [-0.2, -0.15) is 0 Å². The number of methoxy groups -OCH3 is 1. The molecule has 1 aliphatic rings. The van der Waals surface area contributed by atoms with Crippen LogP contribution in [0, 0.1) is 12.8 Å². The summed E-state index contributed by atoms with van der Waals surface area (Å²) >= 11 is 6.28. The lowest BCUT2D eigenvalue weighted by atomic mass is 9.96. The van der Waals surface area contributed by atoms with Crippen LogP contribution in [0.15, 0.2) is 47.4 Å². The van der Waals surface area contributed by atoms with E-state index in [0.717, 1.165) is 5.56 Å². The molecule has 7 nitrogen and oxygen atoms in total. The van der Waals surface area contributed by atoms with Gasteiger partial charge in [-0.15, -0.1) is 0 Å². The summed E-state index contributed by atoms with van der Waals surface area (Å²) in [6.45, 7) is 2.73. The first-order valence-corrected chi connectivity index (χ1v) is 11.3. The summed E-state index contributed by atoms with van der Waals surface area (Å²) in [6, 6.07) is 10.9. The van der Waals surface area contributed by atoms with Gasteiger partial charge < -0.3 is 9.64 Å². The van der Waals surface area contributed by atoms with Crippen molar-refractivity contribution < 1.29 is 22.7 Å². The minimum Gasteiger partial charge on any atom is -0.469 e. The van der Waals surface area contributed by atoms with E-state index < -0.39 is 10.0 Å². The smallest absolute Gasteiger partial charge is 0.308 e. The van der Waals surface area contributed by atoms with Gasteiger partial charge in [0, 0.05) is 13.1 Å². The topological polar surface area (TPSA) is 92.8 Å². The van der Waals surface area contributed by atoms with Gasteiger partial charge in [-0.05, 0) is 50.1 Å². The number of aryl methyl sites for hydroxylation is 1. The fraction of sp³-hybridized carbons (Fsp3) is 0.333. The predicted octanol–water partition coefficient (Wildman–Crippen LogP) is 3.47. The van der Waals surface area contributed by atoms with Crippen LogP contribution in [0.25, 0.3) is 0 Å². The number of amides is 1. The summed E-state index contributed by atoms with van der Waals surface area (Å²) in [5.41, 5.74) is 1.50. The van der Waals surface area contributed by atoms with Gasteiger partial charge in [0.25, 0.3) is 15.9 Å². The molecule has 3 rings (SSSR count). The molecule has 0 bridgehead atoms. The van der Waals surface area contributed by atoms with Crippen molar-refractivity contribution in [1.82, 2.24) is 4.90 Å². The van der Waals surface area contributed by atoms with Crippen molar-refractivity contribution >= 4 is 39.2 Å². The van der Waals surface area contributed by atoms with Crippen molar-refractivity contribution in [3.8, 4) is 0 Å². The molecule has 0 unspecified atom stereocenters. The number of likely N-dealkylation sites (tertiary alicyclic amines) is 1. The molecule has 0 aliphatic carbocycles. The molecule has 1 fully saturated rings. The Morgan fingerprint density at radius 1 is 1.10 bits per heavy atom. The van der Waals surface area contributed by atoms with E-state index in [-0.39, 0.29) is 39.0 Å². The maximum atomic E-state index is 12.8. The molecule has 1 saturated heterocycles. The Hall–Kier alpha value is -2.58. The highest BCUT2D eigenvalue weighted by molar-refractivity contribution is 7.92. The van der Waals surface area contributed by atoms with Gasteiger partial charge in [-0.1, -0.05) is 29.3 Å². The molecule has 30 heavy (non-hydrogen) atoms. The number of carbonyl (C=O) groups excluding carboxylic acids is 2. The van der Waals surface area contributed by atoms with E-state index in [1.54, 1.807) is 17.0 Å². The Morgan fingerprint density at radius 3 is 2.30 bits per heavy atom. The summed E-state index contributed by atoms with van der Waals surface area (Å²) in [5.74, 6) is -0.713. The summed E-state index contributed by atoms with van der Waals surface area (Å²) < 4.78 is 32.3. The second-order valence-corrected chi connectivity index (χ2v) is 9.29. The van der Waals surface area contributed by atoms with Crippen molar-refractivity contribution in [3.05, 3.63) is 58.6 Å². The van der Waals surface area contributed by atoms with Crippen LogP contribution in [0.4, 0.5) is 5.69 Å². The molecule has 0 aromatic heterocycles. The van der Waals surface area contributed by atoms with Crippen LogP contribution >= 0.6 is 11.6 Å². The Morgan fingerprint density at radius 2 is 1.73 bits per heavy atom. The molecule has 0 atom stereocenters. The largest absolute Gasteiger partial charge is 0.469 e. The van der Waals surface area contributed by atoms with E-state index in [1.165, 1.54) is 37.4 Å². The first-order valence-electron chi connectivity index (χ1n) is 9.47. The first-order chi connectivity index (χ1) is 14.2. The number of hydrogen-bond acceptors (Lipinski definition) is 5. The zero-order chi connectivity index (χ0) is 21.9. The Kier molecular flexibility index (Phi) is 6.67. The van der Waals surface area contributed by atoms with Crippen LogP contribution < -0.4 is 4.72 Å². The number of nitrogens with one attached hydrogen (secondary N) is 1. The lowest BCUT2D eigenvalue weighted by Crippen LogP contribution is -2.40. The fourth-order valence-electron chi connectivity index (χ4n) is 3.34. The molecule has 9 heteroatoms. The maximum Gasteiger partial charge on any atom is 0.308 e. The molecule has 1 heterocycles. The van der Waals surface area contributed by atoms with Crippen molar-refractivity contribution in [2.75, 3.05) is 24.9 Å². The highest BCUT2D eigenvalue weighted by atomic mass is 35.5. The van der Waals surface area contributed by atoms with Gasteiger partial charge in [0.15, 0.2) is 0 Å². The van der Waals surface area contributed by atoms with Crippen molar-refractivity contribution in [2.24, 2.45) is 5.92 Å². The minimum atomic E-state index is -3.77. The Bertz CT molecular complexity index is 1050. The number of benzene rings is 2. The monoisotopic (exact) mass is 450 g/mol. The van der Waals surface area contributed by atoms with Gasteiger partial charge in [0.2, 0.25) is 0 Å². The molecule has 0 saturated carbocycles. The quantitative estimate of drug-likeness (QED) is 0.704. The number of rotatable bonds is 5. The zero-order valence-electron chi connectivity index (χ0n) is 16.7. The first kappa shape index (κ1) is 22.1. The van der Waals surface area contributed by atoms with E-state index in [2.05, 4.69) is 4.72 Å². The van der Waals surface area contributed by atoms with Crippen molar-refractivity contribution in [3.63, 3.8) is 0 Å². The third-order valence-electron chi connectivity index (χ3n) is 5.10. The summed E-state index contributed by atoms with van der Waals surface area (Å²) in [4.78, 5) is 26.2. The lowest BCUT2D eigenvalue weighted by molar-refractivity contribution is -0.146. The third kappa shape index (κ3) is 4.94. The highest BCUT2D eigenvalue weighted by Gasteiger charge is 2.29. The molecular weight excluding hydrogens is 428 g/mol. The average Bonchev–Trinajstić information content (AvgIpc) is 2.73. The maximum absolute atomic E-state index is 12.8. The number of nitrogens with zero attached hydrogens (tertiary/aromatic N) is 1. The minimum absolute atomic E-state index is 0.137. The molecule has 1 aliphatic heterocycles. The molecule has 0 spiro atoms. The number of piperidine rings is 1. The van der Waals surface area contributed by atoms with Crippen LogP contribution in [0.5, 0.6) is 0 Å². The highest BCUT2D eigenvalue weighted by Crippen LogP contribution is 2.26. The number of esters is 1. The lowest BCUT2D eigenvalue weighted by Gasteiger charge is -2.31. The van der Waals surface area contributed by atoms with E-state index in [0.29, 0.717) is 25.9 Å². The Balaban J connectivity index is 1.70.